The van der Waals surface area contributed by atoms with Gasteiger partial charge in [0.25, 0.3) is 0 Å². The van der Waals surface area contributed by atoms with Gasteiger partial charge in [0.15, 0.2) is 5.75 Å². The lowest BCUT2D eigenvalue weighted by Gasteiger charge is -2.58. The van der Waals surface area contributed by atoms with Crippen LogP contribution in [0.25, 0.3) is 0 Å². The highest BCUT2D eigenvalue weighted by Gasteiger charge is 2.55. The molecule has 1 aliphatic carbocycles. The number of rotatable bonds is 2. The Morgan fingerprint density at radius 2 is 2.00 bits per heavy atom. The van der Waals surface area contributed by atoms with Crippen molar-refractivity contribution in [2.75, 3.05) is 13.1 Å². The summed E-state index contributed by atoms with van der Waals surface area (Å²) in [5, 5.41) is 0. The van der Waals surface area contributed by atoms with Gasteiger partial charge in [-0.3, -0.25) is 0 Å². The number of likely N-dealkylation sites (tertiary alicyclic amines) is 1. The maximum absolute atomic E-state index is 12.0. The first-order valence-corrected chi connectivity index (χ1v) is 9.01. The number of carbonyl (C=O) groups is 1. The van der Waals surface area contributed by atoms with E-state index < -0.39 is 5.60 Å². The second-order valence-corrected chi connectivity index (χ2v) is 8.75. The van der Waals surface area contributed by atoms with E-state index in [1.807, 2.05) is 39.8 Å². The molecule has 0 aromatic carbocycles. The summed E-state index contributed by atoms with van der Waals surface area (Å²) in [6.45, 7) is 9.22. The zero-order valence-electron chi connectivity index (χ0n) is 14.1. The van der Waals surface area contributed by atoms with Crippen molar-refractivity contribution >= 4 is 28.7 Å². The molecule has 6 heteroatoms. The highest BCUT2D eigenvalue weighted by atomic mass is 127. The van der Waals surface area contributed by atoms with Gasteiger partial charge in [0.05, 0.1) is 0 Å². The number of hydrogen-bond donors (Lipinski definition) is 0. The van der Waals surface area contributed by atoms with Gasteiger partial charge < -0.3 is 14.4 Å². The lowest BCUT2D eigenvalue weighted by atomic mass is 9.62. The number of aromatic nitrogens is 1. The molecule has 0 bridgehead atoms. The van der Waals surface area contributed by atoms with Crippen molar-refractivity contribution in [3.05, 3.63) is 21.5 Å². The zero-order chi connectivity index (χ0) is 16.8. The van der Waals surface area contributed by atoms with E-state index in [0.29, 0.717) is 0 Å². The molecule has 2 fully saturated rings. The first-order valence-electron chi connectivity index (χ1n) is 7.94. The molecule has 1 amide bonds. The third-order valence-electron chi connectivity index (χ3n) is 4.27. The SMILES string of the molecule is Cc1ccc(OC2CC3(C2)CN(C(=O)OC(C)(C)C)C3)c(I)n1. The molecule has 0 unspecified atom stereocenters. The zero-order valence-corrected chi connectivity index (χ0v) is 16.2. The largest absolute Gasteiger partial charge is 0.488 e. The van der Waals surface area contributed by atoms with Gasteiger partial charge in [0.1, 0.15) is 15.4 Å². The van der Waals surface area contributed by atoms with E-state index in [0.717, 1.165) is 41.1 Å². The summed E-state index contributed by atoms with van der Waals surface area (Å²) >= 11 is 2.21. The third-order valence-corrected chi connectivity index (χ3v) is 5.05. The average Bonchev–Trinajstić information content (AvgIpc) is 2.30. The summed E-state index contributed by atoms with van der Waals surface area (Å²) in [4.78, 5) is 18.2. The standard InChI is InChI=1S/C17H23IN2O3/c1-11-5-6-13(14(18)19-11)22-12-7-17(8-12)9-20(10-17)15(21)23-16(2,3)4/h5-6,12H,7-10H2,1-4H3. The molecule has 23 heavy (non-hydrogen) atoms. The van der Waals surface area contributed by atoms with Crippen LogP contribution in [0.5, 0.6) is 5.75 Å². The molecule has 1 spiro atoms. The molecule has 1 aliphatic heterocycles. The van der Waals surface area contributed by atoms with Gasteiger partial charge in [0.2, 0.25) is 0 Å². The van der Waals surface area contributed by atoms with Crippen LogP contribution in [0.4, 0.5) is 4.79 Å². The molecular weight excluding hydrogens is 407 g/mol. The first-order chi connectivity index (χ1) is 10.7. The van der Waals surface area contributed by atoms with E-state index in [1.165, 1.54) is 0 Å². The molecule has 0 N–H and O–H groups in total. The van der Waals surface area contributed by atoms with Crippen LogP contribution >= 0.6 is 22.6 Å². The van der Waals surface area contributed by atoms with Gasteiger partial charge in [-0.2, -0.15) is 0 Å². The van der Waals surface area contributed by atoms with E-state index in [1.54, 1.807) is 4.90 Å². The molecule has 1 saturated heterocycles. The minimum atomic E-state index is -0.430. The number of carbonyl (C=O) groups excluding carboxylic acids is 1. The monoisotopic (exact) mass is 430 g/mol. The Bertz CT molecular complexity index is 613. The van der Waals surface area contributed by atoms with Crippen LogP contribution in [0.1, 0.15) is 39.3 Å². The molecular formula is C17H23IN2O3. The topological polar surface area (TPSA) is 51.7 Å². The Kier molecular flexibility index (Phi) is 4.23. The predicted molar refractivity (Wildman–Crippen MR) is 95.6 cm³/mol. The Labute approximate surface area is 150 Å². The van der Waals surface area contributed by atoms with Crippen molar-refractivity contribution in [2.45, 2.75) is 52.2 Å². The summed E-state index contributed by atoms with van der Waals surface area (Å²) in [5.74, 6) is 0.861. The highest BCUT2D eigenvalue weighted by Crippen LogP contribution is 2.50. The van der Waals surface area contributed by atoms with Crippen LogP contribution < -0.4 is 4.74 Å². The van der Waals surface area contributed by atoms with Crippen molar-refractivity contribution in [2.24, 2.45) is 5.41 Å². The Balaban J connectivity index is 1.46. The molecule has 1 aromatic heterocycles. The van der Waals surface area contributed by atoms with E-state index in [-0.39, 0.29) is 17.6 Å². The Hall–Kier alpha value is -1.05. The van der Waals surface area contributed by atoms with Gasteiger partial charge in [-0.05, 0) is 75.3 Å². The highest BCUT2D eigenvalue weighted by molar-refractivity contribution is 14.1. The average molecular weight is 430 g/mol. The lowest BCUT2D eigenvalue weighted by molar-refractivity contribution is -0.116. The second-order valence-electron chi connectivity index (χ2n) is 7.73. The first kappa shape index (κ1) is 16.8. The fourth-order valence-corrected chi connectivity index (χ4v) is 3.93. The molecule has 0 radical (unpaired) electrons. The molecule has 5 nitrogen and oxygen atoms in total. The van der Waals surface area contributed by atoms with Crippen LogP contribution in [-0.4, -0.2) is 40.8 Å². The van der Waals surface area contributed by atoms with E-state index in [9.17, 15) is 4.79 Å². The summed E-state index contributed by atoms with van der Waals surface area (Å²) < 4.78 is 12.3. The van der Waals surface area contributed by atoms with Crippen LogP contribution in [-0.2, 0) is 4.74 Å². The number of halogens is 1. The molecule has 1 saturated carbocycles. The normalized spacial score (nSPS) is 20.0. The lowest BCUT2D eigenvalue weighted by Crippen LogP contribution is -2.66. The smallest absolute Gasteiger partial charge is 0.410 e. The fourth-order valence-electron chi connectivity index (χ4n) is 3.25. The number of pyridine rings is 1. The molecule has 0 atom stereocenters. The van der Waals surface area contributed by atoms with Crippen LogP contribution in [0.2, 0.25) is 0 Å². The predicted octanol–water partition coefficient (Wildman–Crippen LogP) is 3.77. The summed E-state index contributed by atoms with van der Waals surface area (Å²) in [6.07, 6.45) is 2.02. The number of hydrogen-bond acceptors (Lipinski definition) is 4. The number of aryl methyl sites for hydroxylation is 1. The van der Waals surface area contributed by atoms with Crippen LogP contribution in [0.15, 0.2) is 12.1 Å². The van der Waals surface area contributed by atoms with Gasteiger partial charge >= 0.3 is 6.09 Å². The number of nitrogens with zero attached hydrogens (tertiary/aromatic N) is 2. The van der Waals surface area contributed by atoms with Gasteiger partial charge in [-0.25, -0.2) is 9.78 Å². The van der Waals surface area contributed by atoms with Crippen molar-refractivity contribution in [3.8, 4) is 5.75 Å². The quantitative estimate of drug-likeness (QED) is 0.530. The summed E-state index contributed by atoms with van der Waals surface area (Å²) in [5.41, 5.74) is 0.810. The Morgan fingerprint density at radius 1 is 1.35 bits per heavy atom. The maximum Gasteiger partial charge on any atom is 0.410 e. The molecule has 2 aliphatic rings. The maximum atomic E-state index is 12.0. The molecule has 3 rings (SSSR count). The summed E-state index contributed by atoms with van der Waals surface area (Å²) in [6, 6.07) is 3.96. The third kappa shape index (κ3) is 3.72. The minimum absolute atomic E-state index is 0.204. The van der Waals surface area contributed by atoms with Crippen molar-refractivity contribution in [1.82, 2.24) is 9.88 Å². The Morgan fingerprint density at radius 3 is 2.57 bits per heavy atom. The van der Waals surface area contributed by atoms with Crippen molar-refractivity contribution in [1.29, 1.82) is 0 Å². The van der Waals surface area contributed by atoms with Gasteiger partial charge in [0, 0.05) is 24.2 Å². The van der Waals surface area contributed by atoms with E-state index >= 15 is 0 Å². The fraction of sp³-hybridized carbons (Fsp3) is 0.647. The number of ether oxygens (including phenoxy) is 2. The second kappa shape index (κ2) is 5.79. The van der Waals surface area contributed by atoms with Gasteiger partial charge in [-0.1, -0.05) is 0 Å². The minimum Gasteiger partial charge on any atom is -0.488 e. The van der Waals surface area contributed by atoms with Crippen molar-refractivity contribution in [3.63, 3.8) is 0 Å². The van der Waals surface area contributed by atoms with Crippen LogP contribution in [0, 0.1) is 16.0 Å². The molecule has 126 valence electrons. The molecule has 2 heterocycles. The van der Waals surface area contributed by atoms with E-state index in [4.69, 9.17) is 9.47 Å². The van der Waals surface area contributed by atoms with Gasteiger partial charge in [-0.15, -0.1) is 0 Å². The van der Waals surface area contributed by atoms with Crippen LogP contribution in [0.3, 0.4) is 0 Å². The van der Waals surface area contributed by atoms with E-state index in [2.05, 4.69) is 27.6 Å². The summed E-state index contributed by atoms with van der Waals surface area (Å²) in [7, 11) is 0. The molecule has 1 aromatic rings. The van der Waals surface area contributed by atoms with Crippen molar-refractivity contribution < 1.29 is 14.3 Å². The number of amides is 1.